The van der Waals surface area contributed by atoms with Gasteiger partial charge in [-0.3, -0.25) is 0 Å². The summed E-state index contributed by atoms with van der Waals surface area (Å²) in [5, 5.41) is 4.69. The van der Waals surface area contributed by atoms with Gasteiger partial charge in [0.15, 0.2) is 0 Å². The van der Waals surface area contributed by atoms with Crippen molar-refractivity contribution in [3.05, 3.63) is 16.1 Å². The van der Waals surface area contributed by atoms with E-state index in [-0.39, 0.29) is 6.04 Å². The lowest BCUT2D eigenvalue weighted by Gasteiger charge is -2.21. The van der Waals surface area contributed by atoms with E-state index in [4.69, 9.17) is 10.5 Å². The summed E-state index contributed by atoms with van der Waals surface area (Å²) in [7, 11) is 1.73. The van der Waals surface area contributed by atoms with E-state index in [0.29, 0.717) is 12.6 Å². The number of aromatic nitrogens is 1. The van der Waals surface area contributed by atoms with E-state index in [1.807, 2.05) is 6.20 Å². The Morgan fingerprint density at radius 2 is 2.35 bits per heavy atom. The summed E-state index contributed by atoms with van der Waals surface area (Å²) in [6, 6.07) is 0.620. The van der Waals surface area contributed by atoms with Gasteiger partial charge in [-0.05, 0) is 33.2 Å². The topological polar surface area (TPSA) is 60.2 Å². The van der Waals surface area contributed by atoms with Crippen LogP contribution in [-0.2, 0) is 4.74 Å². The molecule has 0 saturated carbocycles. The molecule has 2 atom stereocenters. The predicted octanol–water partition coefficient (Wildman–Crippen LogP) is 1.86. The smallest absolute Gasteiger partial charge is 0.109 e. The van der Waals surface area contributed by atoms with Crippen molar-refractivity contribution in [1.29, 1.82) is 0 Å². The quantitative estimate of drug-likeness (QED) is 0.746. The second kappa shape index (κ2) is 7.76. The summed E-state index contributed by atoms with van der Waals surface area (Å²) < 4.78 is 5.22. The van der Waals surface area contributed by atoms with Crippen molar-refractivity contribution in [2.75, 3.05) is 20.3 Å². The summed E-state index contributed by atoms with van der Waals surface area (Å²) in [5.41, 5.74) is 5.54. The van der Waals surface area contributed by atoms with Crippen LogP contribution in [-0.4, -0.2) is 31.3 Å². The summed E-state index contributed by atoms with van der Waals surface area (Å²) in [4.78, 5) is 5.65. The largest absolute Gasteiger partial charge is 0.383 e. The number of rotatable bonds is 8. The third kappa shape index (κ3) is 5.12. The van der Waals surface area contributed by atoms with Crippen molar-refractivity contribution in [3.8, 4) is 0 Å². The van der Waals surface area contributed by atoms with E-state index in [0.717, 1.165) is 24.4 Å². The average molecular weight is 257 g/mol. The molecule has 1 rings (SSSR count). The minimum Gasteiger partial charge on any atom is -0.383 e. The summed E-state index contributed by atoms with van der Waals surface area (Å²) >= 11 is 1.74. The first kappa shape index (κ1) is 14.6. The number of hydrogen-bond acceptors (Lipinski definition) is 5. The minimum atomic E-state index is 0.270. The highest BCUT2D eigenvalue weighted by Gasteiger charge is 2.15. The Hall–Kier alpha value is -0.490. The molecular weight excluding hydrogens is 234 g/mol. The molecule has 1 aromatic heterocycles. The first-order valence-corrected chi connectivity index (χ1v) is 6.86. The molecule has 5 heteroatoms. The third-order valence-electron chi connectivity index (χ3n) is 2.62. The Kier molecular flexibility index (Phi) is 6.65. The van der Waals surface area contributed by atoms with Crippen LogP contribution in [0.5, 0.6) is 0 Å². The van der Waals surface area contributed by atoms with Gasteiger partial charge >= 0.3 is 0 Å². The molecule has 0 aliphatic heterocycles. The summed E-state index contributed by atoms with van der Waals surface area (Å²) in [5.74, 6) is 0. The highest BCUT2D eigenvalue weighted by molar-refractivity contribution is 7.11. The number of nitrogens with two attached hydrogens (primary N) is 1. The van der Waals surface area contributed by atoms with Gasteiger partial charge in [-0.1, -0.05) is 0 Å². The number of hydrogen-bond donors (Lipinski definition) is 2. The molecule has 0 fully saturated rings. The van der Waals surface area contributed by atoms with Crippen molar-refractivity contribution in [3.63, 3.8) is 0 Å². The molecule has 1 aromatic rings. The molecule has 4 nitrogen and oxygen atoms in total. The van der Waals surface area contributed by atoms with Gasteiger partial charge in [0.25, 0.3) is 0 Å². The Morgan fingerprint density at radius 1 is 1.59 bits per heavy atom. The molecule has 0 bridgehead atoms. The summed E-state index contributed by atoms with van der Waals surface area (Å²) in [6.07, 6.45) is 3.98. The Balaban J connectivity index is 2.47. The molecule has 0 amide bonds. The van der Waals surface area contributed by atoms with Crippen molar-refractivity contribution in [1.82, 2.24) is 10.3 Å². The van der Waals surface area contributed by atoms with E-state index in [1.54, 1.807) is 18.4 Å². The van der Waals surface area contributed by atoms with Crippen LogP contribution in [0.15, 0.2) is 6.20 Å². The molecule has 0 saturated heterocycles. The maximum Gasteiger partial charge on any atom is 0.109 e. The first-order chi connectivity index (χ1) is 8.17. The molecule has 3 N–H and O–H groups in total. The van der Waals surface area contributed by atoms with Crippen molar-refractivity contribution in [2.45, 2.75) is 38.8 Å². The fourth-order valence-electron chi connectivity index (χ4n) is 1.78. The van der Waals surface area contributed by atoms with E-state index in [9.17, 15) is 0 Å². The lowest BCUT2D eigenvalue weighted by molar-refractivity contribution is 0.156. The molecule has 2 unspecified atom stereocenters. The zero-order valence-electron chi connectivity index (χ0n) is 10.9. The lowest BCUT2D eigenvalue weighted by Crippen LogP contribution is -2.35. The van der Waals surface area contributed by atoms with Crippen LogP contribution >= 0.6 is 11.3 Å². The summed E-state index contributed by atoms with van der Waals surface area (Å²) in [6.45, 7) is 5.67. The monoisotopic (exact) mass is 257 g/mol. The SMILES string of the molecule is COCC(CCCN)NC(C)c1ncc(C)s1. The minimum absolute atomic E-state index is 0.270. The zero-order chi connectivity index (χ0) is 12.7. The highest BCUT2D eigenvalue weighted by Crippen LogP contribution is 2.19. The number of ether oxygens (including phenoxy) is 1. The Morgan fingerprint density at radius 3 is 2.88 bits per heavy atom. The number of thiazole rings is 1. The molecule has 0 radical (unpaired) electrons. The number of nitrogens with zero attached hydrogens (tertiary/aromatic N) is 1. The zero-order valence-corrected chi connectivity index (χ0v) is 11.7. The highest BCUT2D eigenvalue weighted by atomic mass is 32.1. The van der Waals surface area contributed by atoms with Crippen LogP contribution in [0.4, 0.5) is 0 Å². The Labute approximate surface area is 108 Å². The molecule has 98 valence electrons. The van der Waals surface area contributed by atoms with Crippen molar-refractivity contribution >= 4 is 11.3 Å². The second-order valence-electron chi connectivity index (χ2n) is 4.28. The van der Waals surface area contributed by atoms with Crippen LogP contribution in [0, 0.1) is 6.92 Å². The van der Waals surface area contributed by atoms with Crippen LogP contribution in [0.2, 0.25) is 0 Å². The average Bonchev–Trinajstić information content (AvgIpc) is 2.73. The fourth-order valence-corrected chi connectivity index (χ4v) is 2.56. The van der Waals surface area contributed by atoms with Gasteiger partial charge in [-0.25, -0.2) is 4.98 Å². The van der Waals surface area contributed by atoms with Gasteiger partial charge in [0, 0.05) is 24.2 Å². The molecule has 0 spiro atoms. The van der Waals surface area contributed by atoms with Crippen LogP contribution in [0.1, 0.15) is 35.7 Å². The van der Waals surface area contributed by atoms with Gasteiger partial charge < -0.3 is 15.8 Å². The fraction of sp³-hybridized carbons (Fsp3) is 0.750. The number of aryl methyl sites for hydroxylation is 1. The van der Waals surface area contributed by atoms with Crippen LogP contribution in [0.25, 0.3) is 0 Å². The molecule has 1 heterocycles. The number of methoxy groups -OCH3 is 1. The van der Waals surface area contributed by atoms with Crippen molar-refractivity contribution in [2.24, 2.45) is 5.73 Å². The first-order valence-electron chi connectivity index (χ1n) is 6.04. The third-order valence-corrected chi connectivity index (χ3v) is 3.72. The molecule has 0 aliphatic carbocycles. The molecular formula is C12H23N3OS. The van der Waals surface area contributed by atoms with Gasteiger partial charge in [0.1, 0.15) is 5.01 Å². The maximum atomic E-state index is 5.54. The van der Waals surface area contributed by atoms with Gasteiger partial charge in [0.2, 0.25) is 0 Å². The second-order valence-corrected chi connectivity index (χ2v) is 5.55. The molecule has 0 aromatic carbocycles. The molecule has 17 heavy (non-hydrogen) atoms. The Bertz CT molecular complexity index is 316. The van der Waals surface area contributed by atoms with E-state index in [2.05, 4.69) is 24.1 Å². The van der Waals surface area contributed by atoms with Gasteiger partial charge in [0.05, 0.1) is 12.6 Å². The van der Waals surface area contributed by atoms with Gasteiger partial charge in [-0.15, -0.1) is 11.3 Å². The molecule has 0 aliphatic rings. The van der Waals surface area contributed by atoms with E-state index < -0.39 is 0 Å². The standard InChI is InChI=1S/C12H23N3OS/c1-9-7-14-12(17-9)10(2)15-11(8-16-3)5-4-6-13/h7,10-11,15H,4-6,8,13H2,1-3H3. The van der Waals surface area contributed by atoms with E-state index in [1.165, 1.54) is 4.88 Å². The van der Waals surface area contributed by atoms with Crippen molar-refractivity contribution < 1.29 is 4.74 Å². The maximum absolute atomic E-state index is 5.54. The predicted molar refractivity (Wildman–Crippen MR) is 72.4 cm³/mol. The lowest BCUT2D eigenvalue weighted by atomic mass is 10.1. The number of nitrogens with one attached hydrogen (secondary N) is 1. The van der Waals surface area contributed by atoms with Crippen LogP contribution < -0.4 is 11.1 Å². The van der Waals surface area contributed by atoms with Gasteiger partial charge in [-0.2, -0.15) is 0 Å². The van der Waals surface area contributed by atoms with E-state index >= 15 is 0 Å². The van der Waals surface area contributed by atoms with Crippen LogP contribution in [0.3, 0.4) is 0 Å². The normalized spacial score (nSPS) is 14.8.